The summed E-state index contributed by atoms with van der Waals surface area (Å²) in [4.78, 5) is 0. The molecule has 2 fully saturated rings. The molecule has 0 radical (unpaired) electrons. The average Bonchev–Trinajstić information content (AvgIpc) is 2.86. The highest BCUT2D eigenvalue weighted by Gasteiger charge is 2.23. The predicted octanol–water partition coefficient (Wildman–Crippen LogP) is 2.55. The van der Waals surface area contributed by atoms with Crippen molar-refractivity contribution in [3.8, 4) is 0 Å². The van der Waals surface area contributed by atoms with Crippen molar-refractivity contribution in [1.29, 1.82) is 0 Å². The average molecular weight is 215 g/mol. The molecule has 14 heavy (non-hydrogen) atoms. The molecule has 3 heteroatoms. The van der Waals surface area contributed by atoms with Crippen LogP contribution < -0.4 is 0 Å². The summed E-state index contributed by atoms with van der Waals surface area (Å²) in [5, 5.41) is 0. The lowest BCUT2D eigenvalue weighted by Crippen LogP contribution is -2.17. The molecule has 2 atom stereocenters. The molecule has 0 aromatic rings. The maximum absolute atomic E-state index is 5.62. The Hall–Kier alpha value is 0.270. The molecule has 0 spiro atoms. The molecule has 0 aliphatic carbocycles. The van der Waals surface area contributed by atoms with Gasteiger partial charge in [-0.05, 0) is 25.2 Å². The maximum Gasteiger partial charge on any atom is 0.0679 e. The van der Waals surface area contributed by atoms with Crippen molar-refractivity contribution < 1.29 is 4.74 Å². The summed E-state index contributed by atoms with van der Waals surface area (Å²) in [6.07, 6.45) is 5.83. The second-order valence-electron chi connectivity index (χ2n) is 4.38. The van der Waals surface area contributed by atoms with Crippen LogP contribution in [0.4, 0.5) is 0 Å². The van der Waals surface area contributed by atoms with E-state index in [0.29, 0.717) is 6.10 Å². The molecule has 2 aliphatic heterocycles. The van der Waals surface area contributed by atoms with E-state index >= 15 is 0 Å². The van der Waals surface area contributed by atoms with Gasteiger partial charge < -0.3 is 4.74 Å². The minimum Gasteiger partial charge on any atom is -0.377 e. The number of hydrogen-bond acceptors (Lipinski definition) is 3. The highest BCUT2D eigenvalue weighted by molar-refractivity contribution is 7.97. The van der Waals surface area contributed by atoms with E-state index in [4.69, 9.17) is 4.74 Å². The zero-order valence-electron chi connectivity index (χ0n) is 9.08. The van der Waals surface area contributed by atoms with Gasteiger partial charge in [0.1, 0.15) is 0 Å². The molecule has 0 aromatic heterocycles. The highest BCUT2D eigenvalue weighted by atomic mass is 32.2. The van der Waals surface area contributed by atoms with E-state index in [0.717, 1.165) is 12.5 Å². The molecular formula is C11H21NOS. The lowest BCUT2D eigenvalue weighted by Gasteiger charge is -2.16. The van der Waals surface area contributed by atoms with Crippen LogP contribution in [0.25, 0.3) is 0 Å². The first-order valence-corrected chi connectivity index (χ1v) is 6.82. The molecule has 0 saturated carbocycles. The second kappa shape index (κ2) is 5.38. The second-order valence-corrected chi connectivity index (χ2v) is 5.49. The van der Waals surface area contributed by atoms with Crippen molar-refractivity contribution >= 4 is 11.9 Å². The Morgan fingerprint density at radius 1 is 1.43 bits per heavy atom. The van der Waals surface area contributed by atoms with Gasteiger partial charge in [-0.15, -0.1) is 0 Å². The van der Waals surface area contributed by atoms with Crippen molar-refractivity contribution in [2.75, 3.05) is 25.4 Å². The van der Waals surface area contributed by atoms with E-state index in [-0.39, 0.29) is 0 Å². The quantitative estimate of drug-likeness (QED) is 0.669. The topological polar surface area (TPSA) is 12.5 Å². The van der Waals surface area contributed by atoms with Gasteiger partial charge in [0, 0.05) is 25.4 Å². The van der Waals surface area contributed by atoms with E-state index in [1.807, 2.05) is 11.9 Å². The van der Waals surface area contributed by atoms with Gasteiger partial charge in [-0.25, -0.2) is 0 Å². The van der Waals surface area contributed by atoms with Crippen molar-refractivity contribution in [3.63, 3.8) is 0 Å². The molecule has 0 amide bonds. The Labute approximate surface area is 91.5 Å². The van der Waals surface area contributed by atoms with Crippen molar-refractivity contribution in [2.24, 2.45) is 5.92 Å². The fraction of sp³-hybridized carbons (Fsp3) is 1.00. The van der Waals surface area contributed by atoms with Gasteiger partial charge in [0.2, 0.25) is 0 Å². The van der Waals surface area contributed by atoms with Crippen LogP contribution in [0.2, 0.25) is 0 Å². The third-order valence-electron chi connectivity index (χ3n) is 3.29. The molecule has 0 aromatic carbocycles. The summed E-state index contributed by atoms with van der Waals surface area (Å²) < 4.78 is 8.16. The van der Waals surface area contributed by atoms with Crippen LogP contribution in [-0.4, -0.2) is 35.9 Å². The summed E-state index contributed by atoms with van der Waals surface area (Å²) in [6.45, 7) is 5.88. The largest absolute Gasteiger partial charge is 0.377 e. The first kappa shape index (κ1) is 10.8. The molecule has 0 bridgehead atoms. The summed E-state index contributed by atoms with van der Waals surface area (Å²) in [6, 6.07) is 0. The summed E-state index contributed by atoms with van der Waals surface area (Å²) in [7, 11) is 0. The van der Waals surface area contributed by atoms with Crippen LogP contribution in [0.3, 0.4) is 0 Å². The Balaban J connectivity index is 1.61. The number of nitrogens with zero attached hydrogens (tertiary/aromatic N) is 1. The third-order valence-corrected chi connectivity index (χ3v) is 4.51. The predicted molar refractivity (Wildman–Crippen MR) is 61.4 cm³/mol. The third kappa shape index (κ3) is 2.88. The maximum atomic E-state index is 5.62. The van der Waals surface area contributed by atoms with Crippen molar-refractivity contribution in [3.05, 3.63) is 0 Å². The molecule has 1 unspecified atom stereocenters. The number of hydrogen-bond donors (Lipinski definition) is 0. The number of ether oxygens (including phenoxy) is 1. The summed E-state index contributed by atoms with van der Waals surface area (Å²) in [5.74, 6) is 2.13. The van der Waals surface area contributed by atoms with E-state index in [1.165, 1.54) is 44.5 Å². The van der Waals surface area contributed by atoms with Crippen LogP contribution in [0.15, 0.2) is 0 Å². The van der Waals surface area contributed by atoms with Gasteiger partial charge in [-0.2, -0.15) is 0 Å². The van der Waals surface area contributed by atoms with E-state index in [2.05, 4.69) is 11.2 Å². The zero-order chi connectivity index (χ0) is 9.80. The summed E-state index contributed by atoms with van der Waals surface area (Å²) in [5.41, 5.74) is 0. The van der Waals surface area contributed by atoms with E-state index in [9.17, 15) is 0 Å². The number of rotatable bonds is 4. The van der Waals surface area contributed by atoms with Crippen LogP contribution in [-0.2, 0) is 4.74 Å². The Bertz CT molecular complexity index is 171. The van der Waals surface area contributed by atoms with Crippen molar-refractivity contribution in [2.45, 2.75) is 38.7 Å². The normalized spacial score (nSPS) is 34.1. The summed E-state index contributed by atoms with van der Waals surface area (Å²) >= 11 is 2.01. The Kier molecular flexibility index (Phi) is 4.14. The molecule has 2 rings (SSSR count). The van der Waals surface area contributed by atoms with E-state index < -0.39 is 0 Å². The first-order valence-electron chi connectivity index (χ1n) is 5.88. The Morgan fingerprint density at radius 3 is 3.00 bits per heavy atom. The lowest BCUT2D eigenvalue weighted by molar-refractivity contribution is 0.128. The van der Waals surface area contributed by atoms with Gasteiger partial charge >= 0.3 is 0 Å². The molecule has 82 valence electrons. The molecular weight excluding hydrogens is 194 g/mol. The standard InChI is InChI=1S/C11H21NOS/c1-2-10-5-6-12(8-10)14-9-11-4-3-7-13-11/h10-11H,2-9H2,1H3/t10-,11?/m0/s1. The Morgan fingerprint density at radius 2 is 2.36 bits per heavy atom. The lowest BCUT2D eigenvalue weighted by atomic mass is 10.1. The molecule has 0 N–H and O–H groups in total. The van der Waals surface area contributed by atoms with Gasteiger partial charge in [-0.3, -0.25) is 4.31 Å². The SMILES string of the molecule is CC[C@H]1CCN(SCC2CCCO2)C1. The van der Waals surface area contributed by atoms with Crippen molar-refractivity contribution in [1.82, 2.24) is 4.31 Å². The van der Waals surface area contributed by atoms with Gasteiger partial charge in [-0.1, -0.05) is 25.3 Å². The van der Waals surface area contributed by atoms with Gasteiger partial charge in [0.25, 0.3) is 0 Å². The fourth-order valence-electron chi connectivity index (χ4n) is 2.21. The van der Waals surface area contributed by atoms with E-state index in [1.54, 1.807) is 0 Å². The first-order chi connectivity index (χ1) is 6.88. The van der Waals surface area contributed by atoms with Crippen LogP contribution >= 0.6 is 11.9 Å². The minimum absolute atomic E-state index is 0.542. The smallest absolute Gasteiger partial charge is 0.0679 e. The van der Waals surface area contributed by atoms with Crippen LogP contribution in [0, 0.1) is 5.92 Å². The zero-order valence-corrected chi connectivity index (χ0v) is 9.89. The molecule has 2 saturated heterocycles. The van der Waals surface area contributed by atoms with Crippen LogP contribution in [0.1, 0.15) is 32.6 Å². The monoisotopic (exact) mass is 215 g/mol. The molecule has 2 heterocycles. The molecule has 2 aliphatic rings. The minimum atomic E-state index is 0.542. The molecule has 2 nitrogen and oxygen atoms in total. The fourth-order valence-corrected chi connectivity index (χ4v) is 3.40. The highest BCUT2D eigenvalue weighted by Crippen LogP contribution is 2.27. The van der Waals surface area contributed by atoms with Gasteiger partial charge in [0.05, 0.1) is 6.10 Å². The van der Waals surface area contributed by atoms with Crippen LogP contribution in [0.5, 0.6) is 0 Å². The van der Waals surface area contributed by atoms with Gasteiger partial charge in [0.15, 0.2) is 0 Å².